The van der Waals surface area contributed by atoms with E-state index in [0.717, 1.165) is 16.7 Å². The zero-order valence-corrected chi connectivity index (χ0v) is 17.3. The maximum absolute atomic E-state index is 13.4. The first kappa shape index (κ1) is 20.9. The molecule has 0 saturated carbocycles. The second-order valence-corrected chi connectivity index (χ2v) is 7.25. The second-order valence-electron chi connectivity index (χ2n) is 7.25. The first-order valence-corrected chi connectivity index (χ1v) is 9.93. The van der Waals surface area contributed by atoms with Crippen LogP contribution >= 0.6 is 0 Å². The van der Waals surface area contributed by atoms with Gasteiger partial charge in [0.05, 0.1) is 30.2 Å². The number of nitriles is 1. The minimum atomic E-state index is -0.686. The number of methoxy groups -OCH3 is 1. The van der Waals surface area contributed by atoms with Gasteiger partial charge in [0.1, 0.15) is 11.6 Å². The summed E-state index contributed by atoms with van der Waals surface area (Å²) in [4.78, 5) is 14.2. The Kier molecular flexibility index (Phi) is 5.73. The second kappa shape index (κ2) is 8.78. The van der Waals surface area contributed by atoms with E-state index >= 15 is 0 Å². The van der Waals surface area contributed by atoms with Gasteiger partial charge >= 0.3 is 5.97 Å². The van der Waals surface area contributed by atoms with E-state index in [0.29, 0.717) is 5.69 Å². The highest BCUT2D eigenvalue weighted by atomic mass is 19.1. The standard InChI is InChI=1S/C26H20FN3O2/c1-32-26(31)23-16-30(21-13-11-20(27)12-14-21)25(29)22(15-28)24(23)19-9-7-18(8-10-19)17-5-3-2-4-6-17/h2-14,16,24H,29H2,1H3. The number of ether oxygens (including phenoxy) is 1. The molecule has 5 nitrogen and oxygen atoms in total. The fourth-order valence-corrected chi connectivity index (χ4v) is 3.79. The maximum Gasteiger partial charge on any atom is 0.336 e. The summed E-state index contributed by atoms with van der Waals surface area (Å²) in [5.74, 6) is -1.49. The largest absolute Gasteiger partial charge is 0.466 e. The number of esters is 1. The fourth-order valence-electron chi connectivity index (χ4n) is 3.79. The summed E-state index contributed by atoms with van der Waals surface area (Å²) in [6.07, 6.45) is 1.55. The van der Waals surface area contributed by atoms with Crippen LogP contribution in [0.25, 0.3) is 11.1 Å². The number of allylic oxidation sites excluding steroid dienone is 1. The van der Waals surface area contributed by atoms with Crippen LogP contribution in [0.2, 0.25) is 0 Å². The molecule has 0 aromatic heterocycles. The Morgan fingerprint density at radius 3 is 2.22 bits per heavy atom. The number of carbonyl (C=O) groups is 1. The van der Waals surface area contributed by atoms with Gasteiger partial charge in [-0.2, -0.15) is 5.26 Å². The highest BCUT2D eigenvalue weighted by Crippen LogP contribution is 2.39. The van der Waals surface area contributed by atoms with E-state index in [1.807, 2.05) is 54.6 Å². The molecule has 0 aliphatic carbocycles. The van der Waals surface area contributed by atoms with Crippen molar-refractivity contribution in [2.75, 3.05) is 12.0 Å². The van der Waals surface area contributed by atoms with E-state index in [9.17, 15) is 14.4 Å². The van der Waals surface area contributed by atoms with E-state index < -0.39 is 17.7 Å². The predicted molar refractivity (Wildman–Crippen MR) is 120 cm³/mol. The molecule has 2 N–H and O–H groups in total. The first-order chi connectivity index (χ1) is 15.5. The van der Waals surface area contributed by atoms with Crippen molar-refractivity contribution < 1.29 is 13.9 Å². The topological polar surface area (TPSA) is 79.3 Å². The lowest BCUT2D eigenvalue weighted by molar-refractivity contribution is -0.136. The van der Waals surface area contributed by atoms with E-state index in [1.165, 1.54) is 36.3 Å². The van der Waals surface area contributed by atoms with Crippen LogP contribution < -0.4 is 10.6 Å². The van der Waals surface area contributed by atoms with Gasteiger partial charge in [0.25, 0.3) is 0 Å². The Morgan fingerprint density at radius 2 is 1.62 bits per heavy atom. The molecule has 1 aliphatic rings. The molecule has 0 bridgehead atoms. The average Bonchev–Trinajstić information content (AvgIpc) is 2.84. The van der Waals surface area contributed by atoms with Crippen LogP contribution in [0.4, 0.5) is 10.1 Å². The zero-order valence-electron chi connectivity index (χ0n) is 17.3. The molecule has 1 heterocycles. The minimum absolute atomic E-state index is 0.170. The molecule has 1 atom stereocenters. The van der Waals surface area contributed by atoms with E-state index in [4.69, 9.17) is 10.5 Å². The molecular formula is C26H20FN3O2. The van der Waals surface area contributed by atoms with Gasteiger partial charge < -0.3 is 15.4 Å². The molecular weight excluding hydrogens is 405 g/mol. The average molecular weight is 425 g/mol. The third kappa shape index (κ3) is 3.84. The Hall–Kier alpha value is -4.37. The number of rotatable bonds is 4. The number of hydrogen-bond donors (Lipinski definition) is 1. The lowest BCUT2D eigenvalue weighted by Crippen LogP contribution is -2.33. The van der Waals surface area contributed by atoms with Crippen molar-refractivity contribution in [2.45, 2.75) is 5.92 Å². The Morgan fingerprint density at radius 1 is 1.00 bits per heavy atom. The van der Waals surface area contributed by atoms with Gasteiger partial charge in [-0.3, -0.25) is 0 Å². The number of nitrogens with two attached hydrogens (primary N) is 1. The first-order valence-electron chi connectivity index (χ1n) is 9.93. The normalized spacial score (nSPS) is 15.7. The molecule has 158 valence electrons. The van der Waals surface area contributed by atoms with E-state index in [1.54, 1.807) is 6.20 Å². The summed E-state index contributed by atoms with van der Waals surface area (Å²) >= 11 is 0. The summed E-state index contributed by atoms with van der Waals surface area (Å²) in [5.41, 5.74) is 10.2. The van der Waals surface area contributed by atoms with Crippen LogP contribution in [0.5, 0.6) is 0 Å². The molecule has 0 fully saturated rings. The number of carbonyl (C=O) groups excluding carboxylic acids is 1. The molecule has 6 heteroatoms. The Balaban J connectivity index is 1.80. The van der Waals surface area contributed by atoms with Gasteiger partial charge in [-0.1, -0.05) is 54.6 Å². The van der Waals surface area contributed by atoms with Crippen molar-refractivity contribution in [3.05, 3.63) is 113 Å². The number of halogens is 1. The van der Waals surface area contributed by atoms with E-state index in [2.05, 4.69) is 6.07 Å². The quantitative estimate of drug-likeness (QED) is 0.605. The van der Waals surface area contributed by atoms with E-state index in [-0.39, 0.29) is 17.0 Å². The maximum atomic E-state index is 13.4. The minimum Gasteiger partial charge on any atom is -0.466 e. The molecule has 0 spiro atoms. The van der Waals surface area contributed by atoms with Crippen LogP contribution in [-0.2, 0) is 9.53 Å². The molecule has 3 aromatic rings. The lowest BCUT2D eigenvalue weighted by atomic mass is 9.82. The summed E-state index contributed by atoms with van der Waals surface area (Å²) in [5, 5.41) is 9.95. The van der Waals surface area contributed by atoms with Gasteiger partial charge in [0.15, 0.2) is 0 Å². The lowest BCUT2D eigenvalue weighted by Gasteiger charge is -2.32. The molecule has 0 radical (unpaired) electrons. The number of benzene rings is 3. The molecule has 32 heavy (non-hydrogen) atoms. The SMILES string of the molecule is COC(=O)C1=CN(c2ccc(F)cc2)C(N)=C(C#N)C1c1ccc(-c2ccccc2)cc1. The van der Waals surface area contributed by atoms with Crippen molar-refractivity contribution >= 4 is 11.7 Å². The van der Waals surface area contributed by atoms with Crippen molar-refractivity contribution in [1.82, 2.24) is 0 Å². The van der Waals surface area contributed by atoms with Gasteiger partial charge in [0.2, 0.25) is 0 Å². The van der Waals surface area contributed by atoms with Crippen LogP contribution in [-0.4, -0.2) is 13.1 Å². The molecule has 1 aliphatic heterocycles. The van der Waals surface area contributed by atoms with Crippen molar-refractivity contribution in [1.29, 1.82) is 5.26 Å². The van der Waals surface area contributed by atoms with Crippen LogP contribution in [0, 0.1) is 17.1 Å². The van der Waals surface area contributed by atoms with Crippen molar-refractivity contribution in [3.63, 3.8) is 0 Å². The zero-order chi connectivity index (χ0) is 22.7. The highest BCUT2D eigenvalue weighted by molar-refractivity contribution is 5.93. The molecule has 0 saturated heterocycles. The number of anilines is 1. The summed E-state index contributed by atoms with van der Waals surface area (Å²) in [6.45, 7) is 0. The van der Waals surface area contributed by atoms with Gasteiger partial charge in [-0.25, -0.2) is 9.18 Å². The van der Waals surface area contributed by atoms with Crippen molar-refractivity contribution in [3.8, 4) is 17.2 Å². The Bertz CT molecular complexity index is 1240. The fraction of sp³-hybridized carbons (Fsp3) is 0.0769. The number of nitrogens with zero attached hydrogens (tertiary/aromatic N) is 2. The summed E-state index contributed by atoms with van der Waals surface area (Å²) in [6, 6.07) is 25.3. The Labute approximate surface area is 185 Å². The monoisotopic (exact) mass is 425 g/mol. The molecule has 3 aromatic carbocycles. The van der Waals surface area contributed by atoms with Crippen LogP contribution in [0.3, 0.4) is 0 Å². The van der Waals surface area contributed by atoms with Gasteiger partial charge in [-0.15, -0.1) is 0 Å². The molecule has 1 unspecified atom stereocenters. The van der Waals surface area contributed by atoms with Crippen molar-refractivity contribution in [2.24, 2.45) is 5.73 Å². The number of hydrogen-bond acceptors (Lipinski definition) is 5. The third-order valence-corrected chi connectivity index (χ3v) is 5.40. The highest BCUT2D eigenvalue weighted by Gasteiger charge is 2.35. The molecule has 4 rings (SSSR count). The van der Waals surface area contributed by atoms with Crippen LogP contribution in [0.15, 0.2) is 102 Å². The van der Waals surface area contributed by atoms with Gasteiger partial charge in [0, 0.05) is 11.9 Å². The van der Waals surface area contributed by atoms with Gasteiger partial charge in [-0.05, 0) is 41.0 Å². The smallest absolute Gasteiger partial charge is 0.336 e. The third-order valence-electron chi connectivity index (χ3n) is 5.40. The van der Waals surface area contributed by atoms with Crippen LogP contribution in [0.1, 0.15) is 11.5 Å². The predicted octanol–water partition coefficient (Wildman–Crippen LogP) is 4.85. The summed E-state index contributed by atoms with van der Waals surface area (Å²) < 4.78 is 18.4. The summed E-state index contributed by atoms with van der Waals surface area (Å²) in [7, 11) is 1.29. The molecule has 0 amide bonds.